The molecule has 0 radical (unpaired) electrons. The molecule has 0 aliphatic carbocycles. The number of hydrogen-bond donors (Lipinski definition) is 2. The van der Waals surface area contributed by atoms with Crippen LogP contribution in [0.3, 0.4) is 0 Å². The smallest absolute Gasteiger partial charge is 0.120 e. The predicted octanol–water partition coefficient (Wildman–Crippen LogP) is 3.40. The molecule has 1 aromatic carbocycles. The number of benzene rings is 1. The summed E-state index contributed by atoms with van der Waals surface area (Å²) < 4.78 is 0. The molecule has 2 heteroatoms. The monoisotopic (exact) mass is 221 g/mol. The Morgan fingerprint density at radius 3 is 2.50 bits per heavy atom. The van der Waals surface area contributed by atoms with Crippen LogP contribution in [0.1, 0.15) is 44.4 Å². The summed E-state index contributed by atoms with van der Waals surface area (Å²) in [7, 11) is 0. The molecule has 1 aromatic rings. The number of nitrogens with one attached hydrogen (secondary N) is 1. The number of aromatic hydroxyl groups is 1. The summed E-state index contributed by atoms with van der Waals surface area (Å²) in [6.07, 6.45) is 1.16. The van der Waals surface area contributed by atoms with E-state index >= 15 is 0 Å². The molecule has 0 aromatic heterocycles. The highest BCUT2D eigenvalue weighted by Crippen LogP contribution is 2.24. The first-order chi connectivity index (χ1) is 7.50. The molecular formula is C14H23NO. The largest absolute Gasteiger partial charge is 0.508 e. The molecule has 16 heavy (non-hydrogen) atoms. The van der Waals surface area contributed by atoms with Crippen LogP contribution in [-0.2, 0) is 0 Å². The van der Waals surface area contributed by atoms with Crippen LogP contribution in [0.2, 0.25) is 0 Å². The third-order valence-corrected chi connectivity index (χ3v) is 2.82. The van der Waals surface area contributed by atoms with Gasteiger partial charge in [0.2, 0.25) is 0 Å². The van der Waals surface area contributed by atoms with E-state index < -0.39 is 0 Å². The highest BCUT2D eigenvalue weighted by Gasteiger charge is 2.09. The van der Waals surface area contributed by atoms with Crippen molar-refractivity contribution >= 4 is 0 Å². The minimum absolute atomic E-state index is 0.208. The molecule has 0 spiro atoms. The van der Waals surface area contributed by atoms with E-state index in [1.807, 2.05) is 25.1 Å². The number of phenols is 1. The van der Waals surface area contributed by atoms with Gasteiger partial charge in [-0.15, -0.1) is 0 Å². The second kappa shape index (κ2) is 5.90. The summed E-state index contributed by atoms with van der Waals surface area (Å²) in [5.74, 6) is 1.11. The van der Waals surface area contributed by atoms with Crippen LogP contribution in [0.5, 0.6) is 5.75 Å². The van der Waals surface area contributed by atoms with Gasteiger partial charge in [-0.1, -0.05) is 26.0 Å². The number of aryl methyl sites for hydroxylation is 1. The zero-order chi connectivity index (χ0) is 12.1. The van der Waals surface area contributed by atoms with Gasteiger partial charge >= 0.3 is 0 Å². The van der Waals surface area contributed by atoms with Gasteiger partial charge in [0.15, 0.2) is 0 Å². The average Bonchev–Trinajstić information content (AvgIpc) is 2.16. The van der Waals surface area contributed by atoms with Gasteiger partial charge in [-0.25, -0.2) is 0 Å². The number of rotatable bonds is 5. The Labute approximate surface area is 98.7 Å². The van der Waals surface area contributed by atoms with Crippen molar-refractivity contribution in [3.63, 3.8) is 0 Å². The van der Waals surface area contributed by atoms with Crippen LogP contribution >= 0.6 is 0 Å². The molecule has 0 saturated heterocycles. The lowest BCUT2D eigenvalue weighted by molar-refractivity contribution is 0.445. The maximum atomic E-state index is 9.83. The van der Waals surface area contributed by atoms with Gasteiger partial charge in [-0.05, 0) is 44.4 Å². The van der Waals surface area contributed by atoms with E-state index in [0.717, 1.165) is 24.1 Å². The Morgan fingerprint density at radius 1 is 1.25 bits per heavy atom. The van der Waals surface area contributed by atoms with Crippen molar-refractivity contribution in [3.8, 4) is 5.75 Å². The minimum Gasteiger partial charge on any atom is -0.508 e. The first-order valence-corrected chi connectivity index (χ1v) is 6.03. The molecule has 0 amide bonds. The Bertz CT molecular complexity index is 334. The Morgan fingerprint density at radius 2 is 1.94 bits per heavy atom. The third kappa shape index (κ3) is 3.86. The lowest BCUT2D eigenvalue weighted by Gasteiger charge is -2.16. The number of phenolic OH excluding ortho intramolecular Hbond substituents is 1. The van der Waals surface area contributed by atoms with E-state index in [4.69, 9.17) is 0 Å². The van der Waals surface area contributed by atoms with E-state index in [-0.39, 0.29) is 6.04 Å². The van der Waals surface area contributed by atoms with Gasteiger partial charge < -0.3 is 10.4 Å². The normalized spacial score (nSPS) is 13.1. The number of hydrogen-bond acceptors (Lipinski definition) is 2. The first-order valence-electron chi connectivity index (χ1n) is 6.03. The van der Waals surface area contributed by atoms with Crippen molar-refractivity contribution in [1.82, 2.24) is 5.32 Å². The first kappa shape index (κ1) is 13.0. The fourth-order valence-corrected chi connectivity index (χ4v) is 1.72. The van der Waals surface area contributed by atoms with E-state index in [1.165, 1.54) is 0 Å². The summed E-state index contributed by atoms with van der Waals surface area (Å²) in [5, 5.41) is 13.3. The topological polar surface area (TPSA) is 32.3 Å². The summed E-state index contributed by atoms with van der Waals surface area (Å²) >= 11 is 0. The standard InChI is InChI=1S/C14H23NO/c1-10(2)7-8-15-12(4)13-6-5-11(3)9-14(13)16/h5-6,9-10,12,15-16H,7-8H2,1-4H3. The van der Waals surface area contributed by atoms with Gasteiger partial charge in [-0.2, -0.15) is 0 Å². The second-order valence-corrected chi connectivity index (χ2v) is 4.92. The zero-order valence-corrected chi connectivity index (χ0v) is 10.7. The third-order valence-electron chi connectivity index (χ3n) is 2.82. The van der Waals surface area contributed by atoms with Crippen LogP contribution < -0.4 is 5.32 Å². The lowest BCUT2D eigenvalue weighted by Crippen LogP contribution is -2.21. The molecule has 2 N–H and O–H groups in total. The highest BCUT2D eigenvalue weighted by molar-refractivity contribution is 5.37. The van der Waals surface area contributed by atoms with E-state index in [9.17, 15) is 5.11 Å². The lowest BCUT2D eigenvalue weighted by atomic mass is 10.0. The minimum atomic E-state index is 0.208. The van der Waals surface area contributed by atoms with E-state index in [2.05, 4.69) is 26.1 Å². The Kier molecular flexibility index (Phi) is 4.81. The average molecular weight is 221 g/mol. The van der Waals surface area contributed by atoms with E-state index in [1.54, 1.807) is 0 Å². The van der Waals surface area contributed by atoms with Gasteiger partial charge in [0.25, 0.3) is 0 Å². The maximum absolute atomic E-state index is 9.83. The molecule has 90 valence electrons. The summed E-state index contributed by atoms with van der Waals surface area (Å²) in [5.41, 5.74) is 2.07. The Balaban J connectivity index is 2.55. The fourth-order valence-electron chi connectivity index (χ4n) is 1.72. The molecule has 0 bridgehead atoms. The van der Waals surface area contributed by atoms with E-state index in [0.29, 0.717) is 11.7 Å². The Hall–Kier alpha value is -1.02. The van der Waals surface area contributed by atoms with Gasteiger partial charge in [0, 0.05) is 11.6 Å². The summed E-state index contributed by atoms with van der Waals surface area (Å²) in [4.78, 5) is 0. The molecule has 1 atom stereocenters. The highest BCUT2D eigenvalue weighted by atomic mass is 16.3. The molecule has 0 aliphatic rings. The SMILES string of the molecule is Cc1ccc(C(C)NCCC(C)C)c(O)c1. The maximum Gasteiger partial charge on any atom is 0.120 e. The van der Waals surface area contributed by atoms with Crippen LogP contribution in [0.4, 0.5) is 0 Å². The van der Waals surface area contributed by atoms with Crippen LogP contribution in [-0.4, -0.2) is 11.7 Å². The fraction of sp³-hybridized carbons (Fsp3) is 0.571. The van der Waals surface area contributed by atoms with Gasteiger partial charge in [0.1, 0.15) is 5.75 Å². The van der Waals surface area contributed by atoms with Crippen molar-refractivity contribution in [1.29, 1.82) is 0 Å². The quantitative estimate of drug-likeness (QED) is 0.798. The van der Waals surface area contributed by atoms with Crippen LogP contribution in [0.15, 0.2) is 18.2 Å². The van der Waals surface area contributed by atoms with Crippen LogP contribution in [0.25, 0.3) is 0 Å². The van der Waals surface area contributed by atoms with Gasteiger partial charge in [-0.3, -0.25) is 0 Å². The van der Waals surface area contributed by atoms with Crippen LogP contribution in [0, 0.1) is 12.8 Å². The molecular weight excluding hydrogens is 198 g/mol. The van der Waals surface area contributed by atoms with Crippen molar-refractivity contribution in [2.45, 2.75) is 40.2 Å². The molecule has 0 heterocycles. The molecule has 0 fully saturated rings. The summed E-state index contributed by atoms with van der Waals surface area (Å²) in [6.45, 7) is 9.50. The molecule has 2 nitrogen and oxygen atoms in total. The van der Waals surface area contributed by atoms with Crippen molar-refractivity contribution < 1.29 is 5.11 Å². The van der Waals surface area contributed by atoms with Crippen molar-refractivity contribution in [3.05, 3.63) is 29.3 Å². The molecule has 1 rings (SSSR count). The second-order valence-electron chi connectivity index (χ2n) is 4.92. The van der Waals surface area contributed by atoms with Crippen molar-refractivity contribution in [2.75, 3.05) is 6.54 Å². The summed E-state index contributed by atoms with van der Waals surface area (Å²) in [6, 6.07) is 6.06. The zero-order valence-electron chi connectivity index (χ0n) is 10.7. The van der Waals surface area contributed by atoms with Crippen molar-refractivity contribution in [2.24, 2.45) is 5.92 Å². The molecule has 0 aliphatic heterocycles. The molecule has 1 unspecified atom stereocenters. The predicted molar refractivity (Wildman–Crippen MR) is 68.7 cm³/mol. The molecule has 0 saturated carbocycles. The van der Waals surface area contributed by atoms with Gasteiger partial charge in [0.05, 0.1) is 0 Å².